The highest BCUT2D eigenvalue weighted by Crippen LogP contribution is 2.20. The lowest BCUT2D eigenvalue weighted by Gasteiger charge is -2.12. The van der Waals surface area contributed by atoms with Crippen molar-refractivity contribution in [3.63, 3.8) is 0 Å². The second-order valence-electron chi connectivity index (χ2n) is 5.51. The third-order valence-corrected chi connectivity index (χ3v) is 3.95. The molecular formula is C17H13ClFN3O3. The third-order valence-electron chi connectivity index (χ3n) is 3.71. The molecule has 0 saturated carbocycles. The van der Waals surface area contributed by atoms with Crippen molar-refractivity contribution < 1.29 is 9.18 Å². The fraction of sp³-hybridized carbons (Fsp3) is 0.118. The Morgan fingerprint density at radius 1 is 1.24 bits per heavy atom. The SMILES string of the molecule is Cc1ccc(Cl)cc1NC(=O)Cn1c(=O)c(=O)[nH]c2cc(F)ccc21. The topological polar surface area (TPSA) is 84.0 Å². The number of rotatable bonds is 3. The smallest absolute Gasteiger partial charge is 0.317 e. The van der Waals surface area contributed by atoms with Crippen LogP contribution in [-0.4, -0.2) is 15.5 Å². The molecule has 0 aliphatic rings. The Bertz CT molecular complexity index is 1100. The lowest BCUT2D eigenvalue weighted by molar-refractivity contribution is -0.116. The Balaban J connectivity index is 1.98. The number of anilines is 1. The Kier molecular flexibility index (Phi) is 4.41. The number of fused-ring (bicyclic) bond motifs is 1. The van der Waals surface area contributed by atoms with Crippen molar-refractivity contribution in [2.45, 2.75) is 13.5 Å². The van der Waals surface area contributed by atoms with E-state index in [-0.39, 0.29) is 11.0 Å². The first kappa shape index (κ1) is 16.9. The summed E-state index contributed by atoms with van der Waals surface area (Å²) in [7, 11) is 0. The van der Waals surface area contributed by atoms with E-state index >= 15 is 0 Å². The second-order valence-corrected chi connectivity index (χ2v) is 5.95. The number of benzene rings is 2. The number of nitrogens with zero attached hydrogens (tertiary/aromatic N) is 1. The fourth-order valence-corrected chi connectivity index (χ4v) is 2.64. The number of carbonyl (C=O) groups is 1. The van der Waals surface area contributed by atoms with Crippen LogP contribution >= 0.6 is 11.6 Å². The lowest BCUT2D eigenvalue weighted by Crippen LogP contribution is -2.38. The molecule has 0 unspecified atom stereocenters. The number of hydrogen-bond acceptors (Lipinski definition) is 3. The Labute approximate surface area is 145 Å². The molecule has 0 radical (unpaired) electrons. The summed E-state index contributed by atoms with van der Waals surface area (Å²) in [5.41, 5.74) is -0.129. The standard InChI is InChI=1S/C17H13ClFN3O3/c1-9-2-3-10(18)6-12(9)20-15(23)8-22-14-5-4-11(19)7-13(14)21-16(24)17(22)25/h2-7H,8H2,1H3,(H,20,23)(H,21,24). The lowest BCUT2D eigenvalue weighted by atomic mass is 10.2. The summed E-state index contributed by atoms with van der Waals surface area (Å²) in [5, 5.41) is 3.11. The molecule has 0 aliphatic heterocycles. The third kappa shape index (κ3) is 3.46. The average Bonchev–Trinajstić information content (AvgIpc) is 2.55. The van der Waals surface area contributed by atoms with Crippen molar-refractivity contribution in [2.75, 3.05) is 5.32 Å². The van der Waals surface area contributed by atoms with Gasteiger partial charge < -0.3 is 10.3 Å². The van der Waals surface area contributed by atoms with Gasteiger partial charge in [-0.2, -0.15) is 0 Å². The van der Waals surface area contributed by atoms with Gasteiger partial charge in [0.2, 0.25) is 5.91 Å². The molecule has 25 heavy (non-hydrogen) atoms. The number of nitrogens with one attached hydrogen (secondary N) is 2. The van der Waals surface area contributed by atoms with Gasteiger partial charge in [0.05, 0.1) is 11.0 Å². The zero-order valence-corrected chi connectivity index (χ0v) is 13.9. The molecular weight excluding hydrogens is 349 g/mol. The van der Waals surface area contributed by atoms with Crippen LogP contribution in [-0.2, 0) is 11.3 Å². The molecule has 0 atom stereocenters. The Morgan fingerprint density at radius 3 is 2.76 bits per heavy atom. The van der Waals surface area contributed by atoms with Crippen LogP contribution in [0.1, 0.15) is 5.56 Å². The first-order valence-corrected chi connectivity index (χ1v) is 7.71. The van der Waals surface area contributed by atoms with Crippen molar-refractivity contribution in [1.82, 2.24) is 9.55 Å². The zero-order chi connectivity index (χ0) is 18.1. The molecule has 0 aliphatic carbocycles. The van der Waals surface area contributed by atoms with Crippen LogP contribution in [0.15, 0.2) is 46.0 Å². The van der Waals surface area contributed by atoms with Gasteiger partial charge in [-0.1, -0.05) is 17.7 Å². The number of amides is 1. The van der Waals surface area contributed by atoms with Gasteiger partial charge in [-0.25, -0.2) is 4.39 Å². The number of aromatic amines is 1. The maximum Gasteiger partial charge on any atom is 0.317 e. The van der Waals surface area contributed by atoms with Crippen LogP contribution in [0.2, 0.25) is 5.02 Å². The molecule has 3 rings (SSSR count). The van der Waals surface area contributed by atoms with E-state index in [0.29, 0.717) is 10.7 Å². The van der Waals surface area contributed by atoms with E-state index in [4.69, 9.17) is 11.6 Å². The maximum absolute atomic E-state index is 13.3. The van der Waals surface area contributed by atoms with E-state index < -0.39 is 29.4 Å². The first-order chi connectivity index (χ1) is 11.8. The predicted octanol–water partition coefficient (Wildman–Crippen LogP) is 2.43. The summed E-state index contributed by atoms with van der Waals surface area (Å²) in [4.78, 5) is 38.5. The molecule has 1 amide bonds. The molecule has 1 heterocycles. The number of hydrogen-bond donors (Lipinski definition) is 2. The Hall–Kier alpha value is -2.93. The summed E-state index contributed by atoms with van der Waals surface area (Å²) < 4.78 is 14.3. The first-order valence-electron chi connectivity index (χ1n) is 7.33. The van der Waals surface area contributed by atoms with Gasteiger partial charge in [-0.05, 0) is 42.8 Å². The zero-order valence-electron chi connectivity index (χ0n) is 13.1. The van der Waals surface area contributed by atoms with Crippen LogP contribution in [0, 0.1) is 12.7 Å². The van der Waals surface area contributed by atoms with Crippen molar-refractivity contribution >= 4 is 34.2 Å². The van der Waals surface area contributed by atoms with Crippen molar-refractivity contribution in [3.05, 3.63) is 73.5 Å². The van der Waals surface area contributed by atoms with E-state index in [1.165, 1.54) is 6.07 Å². The minimum Gasteiger partial charge on any atom is -0.324 e. The van der Waals surface area contributed by atoms with Gasteiger partial charge in [0.25, 0.3) is 0 Å². The van der Waals surface area contributed by atoms with Gasteiger partial charge in [0.15, 0.2) is 0 Å². The van der Waals surface area contributed by atoms with Crippen molar-refractivity contribution in [3.8, 4) is 0 Å². The molecule has 6 nitrogen and oxygen atoms in total. The largest absolute Gasteiger partial charge is 0.324 e. The van der Waals surface area contributed by atoms with E-state index in [9.17, 15) is 18.8 Å². The van der Waals surface area contributed by atoms with Gasteiger partial charge in [-0.15, -0.1) is 0 Å². The maximum atomic E-state index is 13.3. The highest BCUT2D eigenvalue weighted by molar-refractivity contribution is 6.31. The molecule has 2 aromatic carbocycles. The van der Waals surface area contributed by atoms with Gasteiger partial charge in [-0.3, -0.25) is 19.0 Å². The average molecular weight is 362 g/mol. The molecule has 3 aromatic rings. The molecule has 0 fully saturated rings. The number of carbonyl (C=O) groups excluding carboxylic acids is 1. The quantitative estimate of drug-likeness (QED) is 0.703. The minimum absolute atomic E-state index is 0.135. The molecule has 0 saturated heterocycles. The normalized spacial score (nSPS) is 10.8. The van der Waals surface area contributed by atoms with Crippen LogP contribution in [0.4, 0.5) is 10.1 Å². The van der Waals surface area contributed by atoms with Crippen molar-refractivity contribution in [2.24, 2.45) is 0 Å². The van der Waals surface area contributed by atoms with Crippen LogP contribution in [0.3, 0.4) is 0 Å². The monoisotopic (exact) mass is 361 g/mol. The number of aryl methyl sites for hydroxylation is 1. The van der Waals surface area contributed by atoms with E-state index in [0.717, 1.165) is 22.3 Å². The molecule has 0 spiro atoms. The summed E-state index contributed by atoms with van der Waals surface area (Å²) in [5.74, 6) is -1.07. The fourth-order valence-electron chi connectivity index (χ4n) is 2.47. The number of aromatic nitrogens is 2. The van der Waals surface area contributed by atoms with Crippen LogP contribution in [0.5, 0.6) is 0 Å². The molecule has 1 aromatic heterocycles. The summed E-state index contributed by atoms with van der Waals surface area (Å²) in [6.07, 6.45) is 0. The van der Waals surface area contributed by atoms with Crippen molar-refractivity contribution in [1.29, 1.82) is 0 Å². The summed E-state index contributed by atoms with van der Waals surface area (Å²) in [6.45, 7) is 1.40. The van der Waals surface area contributed by atoms with Crippen LogP contribution in [0.25, 0.3) is 11.0 Å². The van der Waals surface area contributed by atoms with E-state index in [2.05, 4.69) is 10.3 Å². The molecule has 128 valence electrons. The molecule has 2 N–H and O–H groups in total. The summed E-state index contributed by atoms with van der Waals surface area (Å²) >= 11 is 5.91. The van der Waals surface area contributed by atoms with E-state index in [1.807, 2.05) is 0 Å². The second kappa shape index (κ2) is 6.52. The summed E-state index contributed by atoms with van der Waals surface area (Å²) in [6, 6.07) is 8.59. The van der Waals surface area contributed by atoms with E-state index in [1.54, 1.807) is 25.1 Å². The molecule has 0 bridgehead atoms. The van der Waals surface area contributed by atoms with Gasteiger partial charge in [0, 0.05) is 10.7 Å². The number of H-pyrrole nitrogens is 1. The van der Waals surface area contributed by atoms with Gasteiger partial charge >= 0.3 is 11.1 Å². The highest BCUT2D eigenvalue weighted by atomic mass is 35.5. The van der Waals surface area contributed by atoms with Gasteiger partial charge in [0.1, 0.15) is 12.4 Å². The number of halogens is 2. The van der Waals surface area contributed by atoms with Crippen LogP contribution < -0.4 is 16.4 Å². The molecule has 8 heteroatoms. The Morgan fingerprint density at radius 2 is 2.00 bits per heavy atom. The predicted molar refractivity (Wildman–Crippen MR) is 93.6 cm³/mol. The highest BCUT2D eigenvalue weighted by Gasteiger charge is 2.13. The minimum atomic E-state index is -0.926.